The first-order chi connectivity index (χ1) is 25.2. The second-order valence-corrected chi connectivity index (χ2v) is 12.5. The number of allylic oxidation sites excluding steroid dienone is 5. The van der Waals surface area contributed by atoms with E-state index in [0.29, 0.717) is 12.4 Å². The van der Waals surface area contributed by atoms with Gasteiger partial charge in [-0.05, 0) is 61.7 Å². The molecular formula is C46H33N3O2. The maximum Gasteiger partial charge on any atom is 0.155 e. The van der Waals surface area contributed by atoms with Crippen molar-refractivity contribution in [1.82, 2.24) is 4.57 Å². The highest BCUT2D eigenvalue weighted by Gasteiger charge is 2.17. The standard InChI is InChI=1S/C46H33N3O2/c1-3-31(15-5-4-12-28-48-46(47-2)37-21-14-25-43-44(37)36-18-8-11-24-42(36)50-43)49-39-22-9-6-16-33(39)38-29-30(26-27-40(38)49)32-19-13-20-35-34-17-7-10-23-41(34)51-45(32)35/h3-27,29H,2,28H2,1H3/b12-4+,15-5-,31-3+,48-46?. The fourth-order valence-corrected chi connectivity index (χ4v) is 7.31. The fraction of sp³-hybridized carbons (Fsp3) is 0.0435. The van der Waals surface area contributed by atoms with E-state index >= 15 is 0 Å². The van der Waals surface area contributed by atoms with E-state index < -0.39 is 0 Å². The molecule has 5 heteroatoms. The van der Waals surface area contributed by atoms with Crippen LogP contribution in [0, 0.1) is 0 Å². The average Bonchev–Trinajstić information content (AvgIpc) is 3.86. The van der Waals surface area contributed by atoms with Crippen LogP contribution >= 0.6 is 0 Å². The minimum atomic E-state index is 0.464. The third-order valence-electron chi connectivity index (χ3n) is 9.60. The number of para-hydroxylation sites is 4. The van der Waals surface area contributed by atoms with Crippen molar-refractivity contribution in [1.29, 1.82) is 0 Å². The molecule has 0 N–H and O–H groups in total. The molecule has 0 amide bonds. The molecule has 0 aliphatic heterocycles. The molecule has 3 aromatic heterocycles. The molecule has 0 bridgehead atoms. The molecular weight excluding hydrogens is 627 g/mol. The summed E-state index contributed by atoms with van der Waals surface area (Å²) < 4.78 is 14.8. The maximum absolute atomic E-state index is 6.39. The third-order valence-corrected chi connectivity index (χ3v) is 9.60. The number of amidine groups is 1. The third kappa shape index (κ3) is 5.10. The molecule has 5 nitrogen and oxygen atoms in total. The number of aromatic nitrogens is 1. The predicted octanol–water partition coefficient (Wildman–Crippen LogP) is 12.4. The van der Waals surface area contributed by atoms with Crippen LogP contribution in [0.5, 0.6) is 0 Å². The summed E-state index contributed by atoms with van der Waals surface area (Å²) in [6.45, 7) is 6.36. The number of furan rings is 2. The lowest BCUT2D eigenvalue weighted by molar-refractivity contribution is 0.669. The zero-order chi connectivity index (χ0) is 34.3. The lowest BCUT2D eigenvalue weighted by atomic mass is 10.0. The summed E-state index contributed by atoms with van der Waals surface area (Å²) in [6.07, 6.45) is 10.4. The SMILES string of the molecule is C=NC(=NC/C=C/C=C\C(=C/C)n1c2ccccc2c2cc(-c3cccc4c3oc3ccccc34)ccc21)c1cccc2oc3ccccc3c12. The first-order valence-electron chi connectivity index (χ1n) is 17.1. The van der Waals surface area contributed by atoms with Crippen LogP contribution in [0.4, 0.5) is 0 Å². The molecule has 3 heterocycles. The summed E-state index contributed by atoms with van der Waals surface area (Å²) >= 11 is 0. The molecule has 0 saturated carbocycles. The Kier molecular flexibility index (Phi) is 7.51. The molecule has 244 valence electrons. The number of hydrogen-bond acceptors (Lipinski definition) is 3. The van der Waals surface area contributed by atoms with Gasteiger partial charge in [0.1, 0.15) is 22.3 Å². The fourth-order valence-electron chi connectivity index (χ4n) is 7.31. The summed E-state index contributed by atoms with van der Waals surface area (Å²) in [6, 6.07) is 43.9. The Morgan fingerprint density at radius 2 is 1.37 bits per heavy atom. The second kappa shape index (κ2) is 12.6. The van der Waals surface area contributed by atoms with Crippen LogP contribution in [-0.4, -0.2) is 23.7 Å². The Hall–Kier alpha value is -6.72. The van der Waals surface area contributed by atoms with E-state index in [-0.39, 0.29) is 0 Å². The van der Waals surface area contributed by atoms with Crippen LogP contribution in [0.1, 0.15) is 12.5 Å². The van der Waals surface area contributed by atoms with Gasteiger partial charge in [-0.2, -0.15) is 0 Å². The molecule has 51 heavy (non-hydrogen) atoms. The highest BCUT2D eigenvalue weighted by Crippen LogP contribution is 2.39. The smallest absolute Gasteiger partial charge is 0.155 e. The molecule has 0 atom stereocenters. The van der Waals surface area contributed by atoms with Crippen molar-refractivity contribution in [2.45, 2.75) is 6.92 Å². The zero-order valence-electron chi connectivity index (χ0n) is 28.1. The monoisotopic (exact) mass is 659 g/mol. The first-order valence-corrected chi connectivity index (χ1v) is 17.1. The van der Waals surface area contributed by atoms with E-state index in [0.717, 1.165) is 77.3 Å². The number of fused-ring (bicyclic) bond motifs is 9. The van der Waals surface area contributed by atoms with Gasteiger partial charge < -0.3 is 13.4 Å². The number of aliphatic imine (C=N–C) groups is 2. The molecule has 0 saturated heterocycles. The van der Waals surface area contributed by atoms with Gasteiger partial charge in [0.05, 0.1) is 17.6 Å². The van der Waals surface area contributed by atoms with Gasteiger partial charge >= 0.3 is 0 Å². The van der Waals surface area contributed by atoms with Crippen molar-refractivity contribution in [2.75, 3.05) is 6.54 Å². The van der Waals surface area contributed by atoms with Crippen molar-refractivity contribution in [3.63, 3.8) is 0 Å². The molecule has 0 aliphatic carbocycles. The van der Waals surface area contributed by atoms with Gasteiger partial charge in [-0.15, -0.1) is 0 Å². The molecule has 0 aliphatic rings. The first kappa shape index (κ1) is 30.3. The lowest BCUT2D eigenvalue weighted by Crippen LogP contribution is -1.98. The summed E-state index contributed by atoms with van der Waals surface area (Å²) in [7, 11) is 0. The van der Waals surface area contributed by atoms with Crippen molar-refractivity contribution in [3.05, 3.63) is 163 Å². The second-order valence-electron chi connectivity index (χ2n) is 12.5. The van der Waals surface area contributed by atoms with Crippen LogP contribution in [0.25, 0.3) is 82.5 Å². The highest BCUT2D eigenvalue weighted by molar-refractivity contribution is 6.19. The average molecular weight is 660 g/mol. The van der Waals surface area contributed by atoms with Gasteiger partial charge in [0.25, 0.3) is 0 Å². The molecule has 0 radical (unpaired) electrons. The molecule has 0 spiro atoms. The number of rotatable bonds is 7. The highest BCUT2D eigenvalue weighted by atomic mass is 16.3. The van der Waals surface area contributed by atoms with Crippen molar-refractivity contribution in [2.24, 2.45) is 9.98 Å². The number of benzene rings is 6. The van der Waals surface area contributed by atoms with Gasteiger partial charge in [0.15, 0.2) is 5.84 Å². The molecule has 0 unspecified atom stereocenters. The van der Waals surface area contributed by atoms with Crippen LogP contribution in [0.15, 0.2) is 177 Å². The van der Waals surface area contributed by atoms with E-state index in [2.05, 4.69) is 120 Å². The summed E-state index contributed by atoms with van der Waals surface area (Å²) in [5.74, 6) is 0.594. The van der Waals surface area contributed by atoms with Gasteiger partial charge in [-0.3, -0.25) is 4.99 Å². The normalized spacial score (nSPS) is 13.0. The zero-order valence-corrected chi connectivity index (χ0v) is 28.1. The van der Waals surface area contributed by atoms with Crippen molar-refractivity contribution >= 4 is 83.9 Å². The topological polar surface area (TPSA) is 55.9 Å². The van der Waals surface area contributed by atoms with E-state index in [1.165, 1.54) is 10.8 Å². The summed E-state index contributed by atoms with van der Waals surface area (Å²) in [4.78, 5) is 9.07. The van der Waals surface area contributed by atoms with E-state index in [1.807, 2.05) is 60.7 Å². The summed E-state index contributed by atoms with van der Waals surface area (Å²) in [5, 5.41) is 6.71. The maximum atomic E-state index is 6.39. The van der Waals surface area contributed by atoms with E-state index in [9.17, 15) is 0 Å². The van der Waals surface area contributed by atoms with Crippen LogP contribution in [0.3, 0.4) is 0 Å². The number of hydrogen-bond donors (Lipinski definition) is 0. The van der Waals surface area contributed by atoms with Gasteiger partial charge in [0.2, 0.25) is 0 Å². The lowest BCUT2D eigenvalue weighted by Gasteiger charge is -2.09. The molecule has 9 rings (SSSR count). The molecule has 6 aromatic carbocycles. The van der Waals surface area contributed by atoms with Gasteiger partial charge in [-0.1, -0.05) is 115 Å². The van der Waals surface area contributed by atoms with Crippen molar-refractivity contribution in [3.8, 4) is 11.1 Å². The molecule has 9 aromatic rings. The predicted molar refractivity (Wildman–Crippen MR) is 215 cm³/mol. The summed E-state index contributed by atoms with van der Waals surface area (Å²) in [5.41, 5.74) is 9.98. The van der Waals surface area contributed by atoms with Crippen LogP contribution in [0.2, 0.25) is 0 Å². The van der Waals surface area contributed by atoms with Gasteiger partial charge in [0, 0.05) is 49.1 Å². The minimum Gasteiger partial charge on any atom is -0.456 e. The van der Waals surface area contributed by atoms with E-state index in [1.54, 1.807) is 0 Å². The Morgan fingerprint density at radius 1 is 0.667 bits per heavy atom. The van der Waals surface area contributed by atoms with Crippen molar-refractivity contribution < 1.29 is 8.83 Å². The minimum absolute atomic E-state index is 0.464. The van der Waals surface area contributed by atoms with E-state index in [4.69, 9.17) is 13.8 Å². The molecule has 0 fully saturated rings. The van der Waals surface area contributed by atoms with Crippen LogP contribution < -0.4 is 0 Å². The Bertz CT molecular complexity index is 2930. The van der Waals surface area contributed by atoms with Crippen LogP contribution in [-0.2, 0) is 0 Å². The van der Waals surface area contributed by atoms with Gasteiger partial charge in [-0.25, -0.2) is 4.99 Å². The number of nitrogens with zero attached hydrogens (tertiary/aromatic N) is 3. The Balaban J connectivity index is 1.02. The Labute approximate surface area is 294 Å². The largest absolute Gasteiger partial charge is 0.456 e. The quantitative estimate of drug-likeness (QED) is 0.0971. The Morgan fingerprint density at radius 3 is 2.22 bits per heavy atom.